The zero-order valence-electron chi connectivity index (χ0n) is 27.1. The minimum absolute atomic E-state index is 0.0285. The minimum atomic E-state index is -0.778. The van der Waals surface area contributed by atoms with Gasteiger partial charge in [0.05, 0.1) is 42.4 Å². The molecule has 0 radical (unpaired) electrons. The van der Waals surface area contributed by atoms with Crippen molar-refractivity contribution in [1.82, 2.24) is 14.7 Å². The molecular weight excluding hydrogens is 588 g/mol. The van der Waals surface area contributed by atoms with Crippen molar-refractivity contribution in [1.29, 1.82) is 0 Å². The molecular formula is C35H50N4O5S. The molecule has 0 aromatic heterocycles. The molecule has 0 aliphatic carbocycles. The normalized spacial score (nSPS) is 30.5. The van der Waals surface area contributed by atoms with E-state index in [1.807, 2.05) is 49.1 Å². The average molecular weight is 639 g/mol. The number of likely N-dealkylation sites (tertiary alicyclic amines) is 1. The predicted molar refractivity (Wildman–Crippen MR) is 179 cm³/mol. The molecule has 1 N–H and O–H groups in total. The Morgan fingerprint density at radius 2 is 1.82 bits per heavy atom. The maximum Gasteiger partial charge on any atom is 0.247 e. The third-order valence-corrected chi connectivity index (χ3v) is 12.6. The number of thioether (sulfide) groups is 1. The lowest BCUT2D eigenvalue weighted by Crippen LogP contribution is -2.59. The second-order valence-electron chi connectivity index (χ2n) is 13.2. The third-order valence-electron chi connectivity index (χ3n) is 10.7. The lowest BCUT2D eigenvalue weighted by Gasteiger charge is -2.41. The molecule has 5 rings (SSSR count). The Hall–Kier alpha value is -2.66. The highest BCUT2D eigenvalue weighted by atomic mass is 32.2. The summed E-state index contributed by atoms with van der Waals surface area (Å²) in [5, 5.41) is 10.7. The summed E-state index contributed by atoms with van der Waals surface area (Å²) in [4.78, 5) is 52.0. The van der Waals surface area contributed by atoms with Crippen LogP contribution in [0.1, 0.15) is 40.0 Å². The van der Waals surface area contributed by atoms with Crippen LogP contribution in [0.25, 0.3) is 0 Å². The molecule has 4 aliphatic heterocycles. The van der Waals surface area contributed by atoms with Gasteiger partial charge in [-0.15, -0.1) is 24.9 Å². The zero-order valence-corrected chi connectivity index (χ0v) is 27.9. The number of ether oxygens (including phenoxy) is 1. The van der Waals surface area contributed by atoms with E-state index in [2.05, 4.69) is 25.0 Å². The number of aliphatic hydroxyl groups excluding tert-OH is 1. The number of fused-ring (bicyclic) bond motifs is 1. The molecule has 246 valence electrons. The van der Waals surface area contributed by atoms with E-state index >= 15 is 0 Å². The smallest absolute Gasteiger partial charge is 0.247 e. The van der Waals surface area contributed by atoms with E-state index in [1.165, 1.54) is 0 Å². The number of aliphatic hydroxyl groups is 1. The monoisotopic (exact) mass is 638 g/mol. The molecule has 1 aromatic carbocycles. The van der Waals surface area contributed by atoms with Gasteiger partial charge in [-0.25, -0.2) is 0 Å². The van der Waals surface area contributed by atoms with Gasteiger partial charge in [0.15, 0.2) is 0 Å². The fraction of sp³-hybridized carbons (Fsp3) is 0.629. The van der Waals surface area contributed by atoms with Crippen LogP contribution in [0.4, 0.5) is 5.69 Å². The molecule has 9 nitrogen and oxygen atoms in total. The van der Waals surface area contributed by atoms with Crippen LogP contribution in [-0.2, 0) is 19.1 Å². The molecule has 1 aromatic rings. The van der Waals surface area contributed by atoms with Crippen molar-refractivity contribution in [3.63, 3.8) is 0 Å². The summed E-state index contributed by atoms with van der Waals surface area (Å²) < 4.78 is 4.25. The summed E-state index contributed by atoms with van der Waals surface area (Å²) in [5.41, 5.74) is 0.760. The number of hydrogen-bond donors (Lipinski definition) is 1. The SMILES string of the molecule is C=CCN(CCN1CCOCC1)C(=O)C1N([C@@H](CO)[C@@H](C)CC)C(=O)[C@@H]2[C@H](C(=O)N(CC=C)c3ccccc3)[C@]3(C)CCC12S3. The number of hydrogen-bond acceptors (Lipinski definition) is 7. The van der Waals surface area contributed by atoms with Crippen LogP contribution < -0.4 is 4.90 Å². The quantitative estimate of drug-likeness (QED) is 0.312. The highest BCUT2D eigenvalue weighted by molar-refractivity contribution is 8.02. The predicted octanol–water partition coefficient (Wildman–Crippen LogP) is 3.44. The number of para-hydroxylation sites is 1. The molecule has 4 fully saturated rings. The van der Waals surface area contributed by atoms with Crippen LogP contribution in [0, 0.1) is 17.8 Å². The van der Waals surface area contributed by atoms with Crippen molar-refractivity contribution in [2.45, 2.75) is 61.6 Å². The number of rotatable bonds is 14. The van der Waals surface area contributed by atoms with Crippen molar-refractivity contribution < 1.29 is 24.2 Å². The Labute approximate surface area is 272 Å². The van der Waals surface area contributed by atoms with Crippen molar-refractivity contribution in [2.24, 2.45) is 17.8 Å². The van der Waals surface area contributed by atoms with Crippen LogP contribution in [0.2, 0.25) is 0 Å². The Kier molecular flexibility index (Phi) is 10.5. The molecule has 3 amide bonds. The van der Waals surface area contributed by atoms with Crippen LogP contribution in [0.5, 0.6) is 0 Å². The zero-order chi connectivity index (χ0) is 32.4. The van der Waals surface area contributed by atoms with E-state index in [0.29, 0.717) is 45.8 Å². The second kappa shape index (κ2) is 14.0. The lowest BCUT2D eigenvalue weighted by molar-refractivity contribution is -0.147. The molecule has 45 heavy (non-hydrogen) atoms. The van der Waals surface area contributed by atoms with E-state index in [0.717, 1.165) is 31.6 Å². The fourth-order valence-electron chi connectivity index (χ4n) is 8.13. The van der Waals surface area contributed by atoms with Crippen LogP contribution in [0.15, 0.2) is 55.6 Å². The molecule has 1 spiro atoms. The second-order valence-corrected chi connectivity index (χ2v) is 15.1. The van der Waals surface area contributed by atoms with E-state index in [1.54, 1.807) is 33.7 Å². The highest BCUT2D eigenvalue weighted by Gasteiger charge is 2.78. The summed E-state index contributed by atoms with van der Waals surface area (Å²) in [7, 11) is 0. The van der Waals surface area contributed by atoms with Gasteiger partial charge < -0.3 is 24.5 Å². The van der Waals surface area contributed by atoms with Crippen molar-refractivity contribution in [2.75, 3.05) is 64.0 Å². The van der Waals surface area contributed by atoms with Crippen LogP contribution in [-0.4, -0.2) is 118 Å². The van der Waals surface area contributed by atoms with Gasteiger partial charge in [0.2, 0.25) is 17.7 Å². The number of benzene rings is 1. The Morgan fingerprint density at radius 3 is 2.44 bits per heavy atom. The van der Waals surface area contributed by atoms with Gasteiger partial charge in [0.25, 0.3) is 0 Å². The number of anilines is 1. The number of nitrogens with zero attached hydrogens (tertiary/aromatic N) is 4. The summed E-state index contributed by atoms with van der Waals surface area (Å²) in [6.07, 6.45) is 5.60. The average Bonchev–Trinajstić information content (AvgIpc) is 3.63. The van der Waals surface area contributed by atoms with E-state index in [4.69, 9.17) is 4.74 Å². The molecule has 4 aliphatic rings. The van der Waals surface area contributed by atoms with Crippen molar-refractivity contribution in [3.8, 4) is 0 Å². The van der Waals surface area contributed by atoms with Gasteiger partial charge in [0.1, 0.15) is 6.04 Å². The van der Waals surface area contributed by atoms with Crippen LogP contribution in [0.3, 0.4) is 0 Å². The third kappa shape index (κ3) is 5.99. The van der Waals surface area contributed by atoms with Gasteiger partial charge in [-0.2, -0.15) is 0 Å². The first-order chi connectivity index (χ1) is 21.7. The summed E-state index contributed by atoms with van der Waals surface area (Å²) in [6, 6.07) is 8.22. The van der Waals surface area contributed by atoms with Crippen molar-refractivity contribution >= 4 is 35.2 Å². The van der Waals surface area contributed by atoms with E-state index in [-0.39, 0.29) is 30.2 Å². The largest absolute Gasteiger partial charge is 0.394 e. The maximum absolute atomic E-state index is 14.9. The first kappa shape index (κ1) is 33.7. The molecule has 4 saturated heterocycles. The summed E-state index contributed by atoms with van der Waals surface area (Å²) >= 11 is 1.67. The Morgan fingerprint density at radius 1 is 1.13 bits per heavy atom. The van der Waals surface area contributed by atoms with Gasteiger partial charge >= 0.3 is 0 Å². The van der Waals surface area contributed by atoms with Gasteiger partial charge in [0, 0.05) is 49.7 Å². The molecule has 0 saturated carbocycles. The fourth-order valence-corrected chi connectivity index (χ4v) is 10.5. The summed E-state index contributed by atoms with van der Waals surface area (Å²) in [5.74, 6) is -1.71. The highest BCUT2D eigenvalue weighted by Crippen LogP contribution is 2.72. The van der Waals surface area contributed by atoms with E-state index < -0.39 is 33.4 Å². The minimum Gasteiger partial charge on any atom is -0.394 e. The van der Waals surface area contributed by atoms with E-state index in [9.17, 15) is 19.5 Å². The molecule has 10 heteroatoms. The molecule has 7 atom stereocenters. The number of amides is 3. The maximum atomic E-state index is 14.9. The molecule has 2 bridgehead atoms. The standard InChI is InChI=1S/C35H50N4O5S/c1-6-16-37(19-18-36-20-22-44-23-21-36)33(43)30-35-15-14-34(5,45-35)28(29(35)32(42)39(30)27(24-40)25(4)8-3)31(41)38(17-7-2)26-12-10-9-11-13-26/h6-7,9-13,25,27-30,40H,1-2,8,14-24H2,3-5H3/t25-,27-,28+,29-,30?,34-,35?/m0/s1. The first-order valence-electron chi connectivity index (χ1n) is 16.5. The number of carbonyl (C=O) groups is 3. The number of carbonyl (C=O) groups excluding carboxylic acids is 3. The van der Waals surface area contributed by atoms with Gasteiger partial charge in [-0.1, -0.05) is 50.6 Å². The number of morpholine rings is 1. The first-order valence-corrected chi connectivity index (χ1v) is 17.3. The topological polar surface area (TPSA) is 93.6 Å². The Balaban J connectivity index is 1.55. The van der Waals surface area contributed by atoms with Gasteiger partial charge in [-0.3, -0.25) is 19.3 Å². The molecule has 2 unspecified atom stereocenters. The molecule has 4 heterocycles. The Bertz CT molecular complexity index is 1260. The van der Waals surface area contributed by atoms with Gasteiger partial charge in [-0.05, 0) is 37.8 Å². The lowest BCUT2D eigenvalue weighted by atomic mass is 9.66. The summed E-state index contributed by atoms with van der Waals surface area (Å²) in [6.45, 7) is 18.6. The van der Waals surface area contributed by atoms with Crippen LogP contribution >= 0.6 is 11.8 Å². The van der Waals surface area contributed by atoms with Crippen molar-refractivity contribution in [3.05, 3.63) is 55.6 Å².